The van der Waals surface area contributed by atoms with Crippen LogP contribution in [0.1, 0.15) is 18.9 Å². The highest BCUT2D eigenvalue weighted by Gasteiger charge is 2.09. The summed E-state index contributed by atoms with van der Waals surface area (Å²) in [7, 11) is 0. The molecule has 4 heteroatoms. The minimum Gasteiger partial charge on any atom is -0.398 e. The number of benzene rings is 1. The summed E-state index contributed by atoms with van der Waals surface area (Å²) in [4.78, 5) is 4.35. The van der Waals surface area contributed by atoms with E-state index in [2.05, 4.69) is 16.4 Å². The van der Waals surface area contributed by atoms with E-state index in [-0.39, 0.29) is 12.6 Å². The SMILES string of the molecule is CCC(CO)Nc1nccc2c(N)cc(C)cc12. The number of nitrogens with zero attached hydrogens (tertiary/aromatic N) is 1. The standard InChI is InChI=1S/C14H19N3O/c1-3-10(8-18)17-14-12-6-9(2)7-13(15)11(12)4-5-16-14/h4-7,10,18H,3,8,15H2,1-2H3,(H,16,17). The highest BCUT2D eigenvalue weighted by atomic mass is 16.3. The summed E-state index contributed by atoms with van der Waals surface area (Å²) in [5.74, 6) is 0.781. The quantitative estimate of drug-likeness (QED) is 0.723. The molecule has 0 bridgehead atoms. The van der Waals surface area contributed by atoms with Gasteiger partial charge in [-0.3, -0.25) is 0 Å². The maximum absolute atomic E-state index is 9.25. The minimum atomic E-state index is 0.0184. The Morgan fingerprint density at radius 3 is 2.83 bits per heavy atom. The third kappa shape index (κ3) is 2.38. The van der Waals surface area contributed by atoms with Crippen LogP contribution in [0, 0.1) is 6.92 Å². The van der Waals surface area contributed by atoms with Gasteiger partial charge in [0, 0.05) is 22.7 Å². The molecule has 0 fully saturated rings. The molecule has 96 valence electrons. The average Bonchev–Trinajstić information content (AvgIpc) is 2.36. The molecule has 1 heterocycles. The Hall–Kier alpha value is -1.81. The summed E-state index contributed by atoms with van der Waals surface area (Å²) in [5, 5.41) is 14.5. The van der Waals surface area contributed by atoms with Gasteiger partial charge in [0.05, 0.1) is 12.6 Å². The molecule has 18 heavy (non-hydrogen) atoms. The van der Waals surface area contributed by atoms with E-state index in [0.29, 0.717) is 0 Å². The second-order valence-electron chi connectivity index (χ2n) is 4.54. The third-order valence-electron chi connectivity index (χ3n) is 3.11. The predicted octanol–water partition coefficient (Wildman–Crippen LogP) is 2.31. The van der Waals surface area contributed by atoms with Crippen LogP contribution in [0.15, 0.2) is 24.4 Å². The monoisotopic (exact) mass is 245 g/mol. The van der Waals surface area contributed by atoms with Crippen molar-refractivity contribution in [3.05, 3.63) is 30.0 Å². The van der Waals surface area contributed by atoms with Crippen LogP contribution < -0.4 is 11.1 Å². The van der Waals surface area contributed by atoms with E-state index < -0.39 is 0 Å². The number of aliphatic hydroxyl groups excluding tert-OH is 1. The summed E-state index contributed by atoms with van der Waals surface area (Å²) in [6.45, 7) is 4.13. The van der Waals surface area contributed by atoms with Crippen LogP contribution in [0.3, 0.4) is 0 Å². The molecule has 0 spiro atoms. The summed E-state index contributed by atoms with van der Waals surface area (Å²) in [6, 6.07) is 5.94. The summed E-state index contributed by atoms with van der Waals surface area (Å²) >= 11 is 0. The van der Waals surface area contributed by atoms with Crippen molar-refractivity contribution in [3.63, 3.8) is 0 Å². The molecule has 0 saturated carbocycles. The van der Waals surface area contributed by atoms with Crippen molar-refractivity contribution in [2.45, 2.75) is 26.3 Å². The van der Waals surface area contributed by atoms with Gasteiger partial charge in [0.1, 0.15) is 5.82 Å². The van der Waals surface area contributed by atoms with Gasteiger partial charge in [-0.25, -0.2) is 4.98 Å². The second kappa shape index (κ2) is 5.23. The van der Waals surface area contributed by atoms with E-state index in [1.165, 1.54) is 0 Å². The maximum atomic E-state index is 9.25. The lowest BCUT2D eigenvalue weighted by Crippen LogP contribution is -2.23. The van der Waals surface area contributed by atoms with Crippen LogP contribution in [-0.2, 0) is 0 Å². The number of rotatable bonds is 4. The molecule has 1 aromatic heterocycles. The Morgan fingerprint density at radius 2 is 2.17 bits per heavy atom. The van der Waals surface area contributed by atoms with E-state index in [4.69, 9.17) is 5.73 Å². The van der Waals surface area contributed by atoms with Gasteiger partial charge in [-0.1, -0.05) is 6.92 Å². The first-order valence-corrected chi connectivity index (χ1v) is 6.18. The number of pyridine rings is 1. The highest BCUT2D eigenvalue weighted by Crippen LogP contribution is 2.27. The summed E-state index contributed by atoms with van der Waals surface area (Å²) < 4.78 is 0. The fourth-order valence-electron chi connectivity index (χ4n) is 2.05. The van der Waals surface area contributed by atoms with Crippen molar-refractivity contribution >= 4 is 22.3 Å². The second-order valence-corrected chi connectivity index (χ2v) is 4.54. The third-order valence-corrected chi connectivity index (χ3v) is 3.11. The number of nitrogen functional groups attached to an aromatic ring is 1. The van der Waals surface area contributed by atoms with Crippen molar-refractivity contribution in [1.82, 2.24) is 4.98 Å². The molecule has 0 aliphatic carbocycles. The zero-order valence-corrected chi connectivity index (χ0v) is 10.8. The van der Waals surface area contributed by atoms with Crippen LogP contribution in [0.25, 0.3) is 10.8 Å². The van der Waals surface area contributed by atoms with Crippen LogP contribution >= 0.6 is 0 Å². The van der Waals surface area contributed by atoms with E-state index >= 15 is 0 Å². The molecule has 0 aliphatic rings. The largest absolute Gasteiger partial charge is 0.398 e. The normalized spacial score (nSPS) is 12.6. The lowest BCUT2D eigenvalue weighted by atomic mass is 10.1. The van der Waals surface area contributed by atoms with Crippen LogP contribution in [0.2, 0.25) is 0 Å². The lowest BCUT2D eigenvalue weighted by Gasteiger charge is -2.17. The smallest absolute Gasteiger partial charge is 0.134 e. The average molecular weight is 245 g/mol. The molecule has 0 radical (unpaired) electrons. The van der Waals surface area contributed by atoms with Crippen molar-refractivity contribution < 1.29 is 5.11 Å². The minimum absolute atomic E-state index is 0.0184. The fourth-order valence-corrected chi connectivity index (χ4v) is 2.05. The van der Waals surface area contributed by atoms with E-state index in [0.717, 1.165) is 34.3 Å². The Bertz CT molecular complexity index is 550. The van der Waals surface area contributed by atoms with Crippen molar-refractivity contribution in [1.29, 1.82) is 0 Å². The molecule has 2 aromatic rings. The summed E-state index contributed by atoms with van der Waals surface area (Å²) in [5.41, 5.74) is 7.88. The molecule has 0 amide bonds. The molecular formula is C14H19N3O. The van der Waals surface area contributed by atoms with E-state index in [1.807, 2.05) is 26.0 Å². The van der Waals surface area contributed by atoms with Crippen molar-refractivity contribution in [2.24, 2.45) is 0 Å². The Balaban J connectivity index is 2.50. The maximum Gasteiger partial charge on any atom is 0.134 e. The van der Waals surface area contributed by atoms with Crippen molar-refractivity contribution in [3.8, 4) is 0 Å². The molecule has 4 N–H and O–H groups in total. The molecule has 0 aliphatic heterocycles. The van der Waals surface area contributed by atoms with Gasteiger partial charge in [0.2, 0.25) is 0 Å². The fraction of sp³-hybridized carbons (Fsp3) is 0.357. The molecule has 4 nitrogen and oxygen atoms in total. The van der Waals surface area contributed by atoms with Gasteiger partial charge in [-0.2, -0.15) is 0 Å². The Kier molecular flexibility index (Phi) is 3.67. The first-order valence-electron chi connectivity index (χ1n) is 6.18. The van der Waals surface area contributed by atoms with Gasteiger partial charge in [-0.05, 0) is 37.1 Å². The topological polar surface area (TPSA) is 71.2 Å². The van der Waals surface area contributed by atoms with E-state index in [9.17, 15) is 5.11 Å². The van der Waals surface area contributed by atoms with Gasteiger partial charge in [0.25, 0.3) is 0 Å². The number of hydrogen-bond acceptors (Lipinski definition) is 4. The number of aliphatic hydroxyl groups is 1. The molecule has 0 saturated heterocycles. The van der Waals surface area contributed by atoms with Gasteiger partial charge in [-0.15, -0.1) is 0 Å². The number of nitrogens with two attached hydrogens (primary N) is 1. The zero-order chi connectivity index (χ0) is 13.1. The molecule has 1 atom stereocenters. The van der Waals surface area contributed by atoms with Gasteiger partial charge in [0.15, 0.2) is 0 Å². The lowest BCUT2D eigenvalue weighted by molar-refractivity contribution is 0.271. The number of hydrogen-bond donors (Lipinski definition) is 3. The Labute approximate surface area is 107 Å². The van der Waals surface area contributed by atoms with Crippen LogP contribution in [-0.4, -0.2) is 22.7 Å². The molecule has 2 rings (SSSR count). The number of aromatic nitrogens is 1. The summed E-state index contributed by atoms with van der Waals surface area (Å²) in [6.07, 6.45) is 2.58. The van der Waals surface area contributed by atoms with Crippen LogP contribution in [0.5, 0.6) is 0 Å². The highest BCUT2D eigenvalue weighted by molar-refractivity contribution is 5.99. The van der Waals surface area contributed by atoms with E-state index in [1.54, 1.807) is 6.20 Å². The Morgan fingerprint density at radius 1 is 1.39 bits per heavy atom. The predicted molar refractivity (Wildman–Crippen MR) is 75.7 cm³/mol. The van der Waals surface area contributed by atoms with Crippen molar-refractivity contribution in [2.75, 3.05) is 17.7 Å². The van der Waals surface area contributed by atoms with Gasteiger partial charge >= 0.3 is 0 Å². The van der Waals surface area contributed by atoms with Crippen LogP contribution in [0.4, 0.5) is 11.5 Å². The molecule has 1 unspecified atom stereocenters. The first kappa shape index (κ1) is 12.6. The molecule has 1 aromatic carbocycles. The zero-order valence-electron chi connectivity index (χ0n) is 10.8. The van der Waals surface area contributed by atoms with Gasteiger partial charge < -0.3 is 16.2 Å². The number of anilines is 2. The first-order chi connectivity index (χ1) is 8.65. The number of fused-ring (bicyclic) bond motifs is 1. The number of nitrogens with one attached hydrogen (secondary N) is 1. The molecular weight excluding hydrogens is 226 g/mol. The number of aryl methyl sites for hydroxylation is 1.